The summed E-state index contributed by atoms with van der Waals surface area (Å²) in [5.41, 5.74) is 0. The third kappa shape index (κ3) is 55.9. The predicted octanol–water partition coefficient (Wildman–Crippen LogP) is -5.50. The molecule has 6 heteroatoms. The minimum absolute atomic E-state index is 0. The average molecular weight is 169 g/mol. The van der Waals surface area contributed by atoms with Gasteiger partial charge >= 0.3 is 62.3 Å². The monoisotopic (exact) mass is 169 g/mol. The molecule has 0 unspecified atom stereocenters. The molecule has 0 heterocycles. The van der Waals surface area contributed by atoms with Gasteiger partial charge in [0.1, 0.15) is 0 Å². The molecule has 0 fully saturated rings. The Labute approximate surface area is 62.2 Å². The van der Waals surface area contributed by atoms with E-state index in [9.17, 15) is 0 Å². The molecule has 1 radical (unpaired) electrons. The Morgan fingerprint density at radius 2 is 1.33 bits per heavy atom. The van der Waals surface area contributed by atoms with E-state index in [1.54, 1.807) is 0 Å². The van der Waals surface area contributed by atoms with Gasteiger partial charge in [0.25, 0.3) is 0 Å². The fraction of sp³-hybridized carbons (Fsp3) is 0. The van der Waals surface area contributed by atoms with Crippen molar-refractivity contribution in [3.05, 3.63) is 0 Å². The Bertz CT molecular complexity index is 33.8. The first-order valence-electron chi connectivity index (χ1n) is 0.463. The number of rotatable bonds is 0. The van der Waals surface area contributed by atoms with E-state index < -0.39 is 14.5 Å². The number of hydrogen-bond donors (Lipinski definition) is 0. The van der Waals surface area contributed by atoms with Crippen molar-refractivity contribution in [1.82, 2.24) is 0 Å². The van der Waals surface area contributed by atoms with E-state index in [1.807, 2.05) is 0 Å². The van der Waals surface area contributed by atoms with Crippen molar-refractivity contribution in [3.63, 3.8) is 0 Å². The van der Waals surface area contributed by atoms with Gasteiger partial charge in [-0.1, -0.05) is 0 Å². The molecule has 0 saturated carbocycles. The first kappa shape index (κ1) is 15.7. The molecule has 3 nitrogen and oxygen atoms in total. The second-order valence-corrected chi connectivity index (χ2v) is 0.779. The van der Waals surface area contributed by atoms with Crippen LogP contribution in [0, 0.1) is 0 Å². The Morgan fingerprint density at radius 3 is 1.33 bits per heavy atom. The van der Waals surface area contributed by atoms with Gasteiger partial charge in [-0.05, 0) is 0 Å². The van der Waals surface area contributed by atoms with Gasteiger partial charge in [0, 0.05) is 0 Å². The van der Waals surface area contributed by atoms with E-state index in [4.69, 9.17) is 12.2 Å². The normalized spacial score (nSPS) is 5.83. The maximum atomic E-state index is 8.52. The van der Waals surface area contributed by atoms with Crippen molar-refractivity contribution in [2.75, 3.05) is 0 Å². The van der Waals surface area contributed by atoms with Crippen molar-refractivity contribution in [3.8, 4) is 0 Å². The van der Waals surface area contributed by atoms with Crippen LogP contribution in [0.25, 0.3) is 0 Å². The van der Waals surface area contributed by atoms with Gasteiger partial charge in [-0.15, -0.1) is 0 Å². The molecule has 0 aliphatic heterocycles. The van der Waals surface area contributed by atoms with Crippen LogP contribution < -0.4 is 27.2 Å². The fourth-order valence-corrected chi connectivity index (χ4v) is 0. The molecular weight excluding hydrogens is 169 g/mol. The van der Waals surface area contributed by atoms with Gasteiger partial charge in [-0.3, -0.25) is 0 Å². The minimum atomic E-state index is -3.65. The van der Waals surface area contributed by atoms with Gasteiger partial charge in [-0.25, -0.2) is 0 Å². The molecular formula is CoLiMnO3+. The second kappa shape index (κ2) is 9.60. The van der Waals surface area contributed by atoms with Crippen molar-refractivity contribution < 1.29 is 62.3 Å². The summed E-state index contributed by atoms with van der Waals surface area (Å²) in [6.45, 7) is 0. The summed E-state index contributed by atoms with van der Waals surface area (Å²) in [6.07, 6.45) is 0. The van der Waals surface area contributed by atoms with Gasteiger partial charge < -0.3 is 0 Å². The standard InChI is InChI=1S/Co.Li.Mn.3O/q+2;+1;;;2*-1. The summed E-state index contributed by atoms with van der Waals surface area (Å²) in [5.74, 6) is 0. The van der Waals surface area contributed by atoms with Crippen molar-refractivity contribution in [2.45, 2.75) is 0 Å². The third-order valence-electron chi connectivity index (χ3n) is 0. The van der Waals surface area contributed by atoms with E-state index in [0.29, 0.717) is 0 Å². The average Bonchev–Trinajstić information content (AvgIpc) is 0.811. The van der Waals surface area contributed by atoms with Crippen molar-refractivity contribution in [2.24, 2.45) is 0 Å². The molecule has 6 heavy (non-hydrogen) atoms. The molecule has 0 saturated heterocycles. The van der Waals surface area contributed by atoms with Crippen LogP contribution in [0.3, 0.4) is 0 Å². The molecule has 0 rings (SSSR count). The molecule has 0 aromatic rings. The molecule has 34 valence electrons. The zero-order valence-electron chi connectivity index (χ0n) is 2.94. The van der Waals surface area contributed by atoms with Crippen molar-refractivity contribution >= 4 is 0 Å². The van der Waals surface area contributed by atoms with Gasteiger partial charge in [0.05, 0.1) is 0 Å². The molecule has 0 aromatic carbocycles. The topological polar surface area (TPSA) is 63.2 Å². The van der Waals surface area contributed by atoms with Gasteiger partial charge in [-0.2, -0.15) is 0 Å². The van der Waals surface area contributed by atoms with Crippen LogP contribution in [0.15, 0.2) is 0 Å². The molecule has 0 atom stereocenters. The van der Waals surface area contributed by atoms with E-state index in [2.05, 4.69) is 0 Å². The van der Waals surface area contributed by atoms with Crippen LogP contribution in [0.2, 0.25) is 0 Å². The Morgan fingerprint density at radius 1 is 1.33 bits per heavy atom. The predicted molar refractivity (Wildman–Crippen MR) is 0.686 cm³/mol. The zero-order chi connectivity index (χ0) is 3.58. The Hall–Kier alpha value is 1.34. The zero-order valence-corrected chi connectivity index (χ0v) is 5.16. The van der Waals surface area contributed by atoms with Gasteiger partial charge in [0.15, 0.2) is 0 Å². The third-order valence-corrected chi connectivity index (χ3v) is 0. The maximum absolute atomic E-state index is 8.52. The van der Waals surface area contributed by atoms with Crippen LogP contribution in [0.1, 0.15) is 0 Å². The van der Waals surface area contributed by atoms with Crippen LogP contribution in [-0.4, -0.2) is 0 Å². The van der Waals surface area contributed by atoms with E-state index in [-0.39, 0.29) is 35.6 Å². The fourth-order valence-electron chi connectivity index (χ4n) is 0. The molecule has 0 N–H and O–H groups in total. The molecule has 0 spiro atoms. The molecule has 0 amide bonds. The molecule has 0 aliphatic rings. The quantitative estimate of drug-likeness (QED) is 0.339. The molecule has 0 aliphatic carbocycles. The summed E-state index contributed by atoms with van der Waals surface area (Å²) in [4.78, 5) is 0. The Balaban J connectivity index is -0.0000000450. The van der Waals surface area contributed by atoms with Crippen LogP contribution in [0.5, 0.6) is 0 Å². The summed E-state index contributed by atoms with van der Waals surface area (Å²) in [5, 5.41) is 0. The molecule has 0 aromatic heterocycles. The van der Waals surface area contributed by atoms with Gasteiger partial charge in [0.2, 0.25) is 0 Å². The van der Waals surface area contributed by atoms with Crippen LogP contribution >= 0.6 is 0 Å². The van der Waals surface area contributed by atoms with E-state index in [0.717, 1.165) is 0 Å². The van der Waals surface area contributed by atoms with E-state index >= 15 is 0 Å². The summed E-state index contributed by atoms with van der Waals surface area (Å²) >= 11 is -3.65. The summed E-state index contributed by atoms with van der Waals surface area (Å²) in [7, 11) is 0. The first-order valence-corrected chi connectivity index (χ1v) is 1.91. The number of hydrogen-bond acceptors (Lipinski definition) is 3. The summed E-state index contributed by atoms with van der Waals surface area (Å²) < 4.78 is 25.6. The summed E-state index contributed by atoms with van der Waals surface area (Å²) in [6, 6.07) is 0. The Kier molecular flexibility index (Phi) is 25.1. The van der Waals surface area contributed by atoms with Crippen molar-refractivity contribution in [1.29, 1.82) is 0 Å². The first-order chi connectivity index (χ1) is 1.73. The molecule has 0 bridgehead atoms. The van der Waals surface area contributed by atoms with Crippen LogP contribution in [-0.2, 0) is 35.1 Å². The van der Waals surface area contributed by atoms with Crippen LogP contribution in [0.4, 0.5) is 0 Å². The van der Waals surface area contributed by atoms with E-state index in [1.165, 1.54) is 0 Å². The SMILES string of the molecule is [Co+2].[Li+].[O]=[Mn]([O-])[O-]. The second-order valence-electron chi connectivity index (χ2n) is 0.189.